The molecular formula is C16H32N2O. The quantitative estimate of drug-likeness (QED) is 0.852. The Kier molecular flexibility index (Phi) is 5.84. The first-order valence-electron chi connectivity index (χ1n) is 7.70. The number of hydrogen-bond acceptors (Lipinski definition) is 2. The van der Waals surface area contributed by atoms with E-state index in [1.807, 2.05) is 4.90 Å². The third-order valence-corrected chi connectivity index (χ3v) is 4.25. The van der Waals surface area contributed by atoms with Crippen molar-refractivity contribution in [3.63, 3.8) is 0 Å². The first-order chi connectivity index (χ1) is 8.73. The fourth-order valence-electron chi connectivity index (χ4n) is 3.23. The van der Waals surface area contributed by atoms with Gasteiger partial charge in [0.1, 0.15) is 0 Å². The Hall–Kier alpha value is -0.570. The van der Waals surface area contributed by atoms with Crippen LogP contribution in [0.15, 0.2) is 0 Å². The third kappa shape index (κ3) is 5.52. The van der Waals surface area contributed by atoms with Crippen LogP contribution in [0.4, 0.5) is 0 Å². The summed E-state index contributed by atoms with van der Waals surface area (Å²) in [7, 11) is 0. The molecule has 0 saturated carbocycles. The number of likely N-dealkylation sites (tertiary alicyclic amines) is 1. The Morgan fingerprint density at radius 2 is 2.05 bits per heavy atom. The second-order valence-electron chi connectivity index (χ2n) is 7.68. The predicted octanol–water partition coefficient (Wildman–Crippen LogP) is 2.89. The number of nitrogens with two attached hydrogens (primary N) is 1. The number of amides is 1. The summed E-state index contributed by atoms with van der Waals surface area (Å²) in [4.78, 5) is 14.4. The van der Waals surface area contributed by atoms with Crippen molar-refractivity contribution in [3.05, 3.63) is 0 Å². The summed E-state index contributed by atoms with van der Waals surface area (Å²) in [5.74, 6) is 1.92. The van der Waals surface area contributed by atoms with Gasteiger partial charge < -0.3 is 10.6 Å². The minimum atomic E-state index is 0.301. The molecule has 1 aliphatic heterocycles. The molecule has 0 aromatic carbocycles. The van der Waals surface area contributed by atoms with E-state index >= 15 is 0 Å². The number of carbonyl (C=O) groups excluding carboxylic acids is 1. The smallest absolute Gasteiger partial charge is 0.222 e. The first-order valence-corrected chi connectivity index (χ1v) is 7.70. The van der Waals surface area contributed by atoms with E-state index in [0.717, 1.165) is 25.9 Å². The Bertz CT molecular complexity index is 296. The molecule has 3 nitrogen and oxygen atoms in total. The minimum Gasteiger partial charge on any atom is -0.342 e. The average Bonchev–Trinajstić information content (AvgIpc) is 2.26. The van der Waals surface area contributed by atoms with Crippen LogP contribution in [0, 0.1) is 23.2 Å². The summed E-state index contributed by atoms with van der Waals surface area (Å²) in [6, 6.07) is 0. The van der Waals surface area contributed by atoms with Crippen molar-refractivity contribution in [2.75, 3.05) is 19.6 Å². The van der Waals surface area contributed by atoms with E-state index in [0.29, 0.717) is 42.0 Å². The summed E-state index contributed by atoms with van der Waals surface area (Å²) in [5.41, 5.74) is 6.10. The monoisotopic (exact) mass is 268 g/mol. The molecule has 0 aromatic heterocycles. The molecule has 0 aliphatic carbocycles. The van der Waals surface area contributed by atoms with Gasteiger partial charge in [0.05, 0.1) is 0 Å². The maximum Gasteiger partial charge on any atom is 0.222 e. The summed E-state index contributed by atoms with van der Waals surface area (Å²) in [5, 5.41) is 0. The lowest BCUT2D eigenvalue weighted by Gasteiger charge is -2.37. The van der Waals surface area contributed by atoms with E-state index in [1.165, 1.54) is 0 Å². The molecule has 3 unspecified atom stereocenters. The van der Waals surface area contributed by atoms with Crippen molar-refractivity contribution >= 4 is 5.91 Å². The fraction of sp³-hybridized carbons (Fsp3) is 0.938. The summed E-state index contributed by atoms with van der Waals surface area (Å²) in [6.07, 6.45) is 2.88. The van der Waals surface area contributed by atoms with Crippen molar-refractivity contribution in [2.24, 2.45) is 28.9 Å². The highest BCUT2D eigenvalue weighted by molar-refractivity contribution is 5.76. The summed E-state index contributed by atoms with van der Waals surface area (Å²) < 4.78 is 0. The van der Waals surface area contributed by atoms with Gasteiger partial charge in [0.2, 0.25) is 5.91 Å². The molecule has 112 valence electrons. The Labute approximate surface area is 118 Å². The van der Waals surface area contributed by atoms with E-state index in [-0.39, 0.29) is 0 Å². The summed E-state index contributed by atoms with van der Waals surface area (Å²) in [6.45, 7) is 13.6. The molecule has 3 atom stereocenters. The normalized spacial score (nSPS) is 26.3. The molecule has 0 radical (unpaired) electrons. The van der Waals surface area contributed by atoms with Crippen molar-refractivity contribution < 1.29 is 4.79 Å². The third-order valence-electron chi connectivity index (χ3n) is 4.25. The molecule has 0 spiro atoms. The molecule has 1 saturated heterocycles. The number of piperidine rings is 1. The molecule has 19 heavy (non-hydrogen) atoms. The largest absolute Gasteiger partial charge is 0.342 e. The van der Waals surface area contributed by atoms with Gasteiger partial charge in [0.25, 0.3) is 0 Å². The Balaban J connectivity index is 2.45. The van der Waals surface area contributed by atoms with Crippen LogP contribution >= 0.6 is 0 Å². The number of hydrogen-bond donors (Lipinski definition) is 1. The minimum absolute atomic E-state index is 0.301. The number of rotatable bonds is 4. The molecule has 1 fully saturated rings. The van der Waals surface area contributed by atoms with E-state index in [2.05, 4.69) is 34.6 Å². The van der Waals surface area contributed by atoms with Gasteiger partial charge in [-0.25, -0.2) is 0 Å². The van der Waals surface area contributed by atoms with Crippen LogP contribution in [0.2, 0.25) is 0 Å². The fourth-order valence-corrected chi connectivity index (χ4v) is 3.23. The predicted molar refractivity (Wildman–Crippen MR) is 80.8 cm³/mol. The van der Waals surface area contributed by atoms with Crippen LogP contribution in [0.5, 0.6) is 0 Å². The zero-order chi connectivity index (χ0) is 14.6. The van der Waals surface area contributed by atoms with E-state index < -0.39 is 0 Å². The van der Waals surface area contributed by atoms with Gasteiger partial charge in [-0.15, -0.1) is 0 Å². The van der Waals surface area contributed by atoms with Gasteiger partial charge in [0.15, 0.2) is 0 Å². The zero-order valence-electron chi connectivity index (χ0n) is 13.4. The molecule has 1 aliphatic rings. The zero-order valence-corrected chi connectivity index (χ0v) is 13.4. The molecule has 0 bridgehead atoms. The van der Waals surface area contributed by atoms with Crippen LogP contribution < -0.4 is 5.73 Å². The van der Waals surface area contributed by atoms with E-state index in [4.69, 9.17) is 5.73 Å². The van der Waals surface area contributed by atoms with Crippen LogP contribution in [-0.2, 0) is 4.79 Å². The van der Waals surface area contributed by atoms with Crippen LogP contribution in [-0.4, -0.2) is 30.4 Å². The van der Waals surface area contributed by atoms with Crippen molar-refractivity contribution in [1.82, 2.24) is 4.90 Å². The Morgan fingerprint density at radius 3 is 2.58 bits per heavy atom. The van der Waals surface area contributed by atoms with Gasteiger partial charge in [-0.1, -0.05) is 34.6 Å². The van der Waals surface area contributed by atoms with Crippen molar-refractivity contribution in [3.8, 4) is 0 Å². The van der Waals surface area contributed by atoms with Gasteiger partial charge in [-0.2, -0.15) is 0 Å². The molecule has 1 amide bonds. The molecule has 1 rings (SSSR count). The van der Waals surface area contributed by atoms with E-state index in [9.17, 15) is 4.79 Å². The van der Waals surface area contributed by atoms with E-state index in [1.54, 1.807) is 0 Å². The maximum atomic E-state index is 12.3. The lowest BCUT2D eigenvalue weighted by molar-refractivity contribution is -0.134. The average molecular weight is 268 g/mol. The molecule has 0 aromatic rings. The van der Waals surface area contributed by atoms with Crippen LogP contribution in [0.25, 0.3) is 0 Å². The number of carbonyl (C=O) groups is 1. The lowest BCUT2D eigenvalue weighted by Crippen LogP contribution is -2.45. The lowest BCUT2D eigenvalue weighted by atomic mass is 9.83. The van der Waals surface area contributed by atoms with Crippen molar-refractivity contribution in [1.29, 1.82) is 0 Å². The molecule has 2 N–H and O–H groups in total. The van der Waals surface area contributed by atoms with Crippen molar-refractivity contribution in [2.45, 2.75) is 53.9 Å². The van der Waals surface area contributed by atoms with Gasteiger partial charge in [-0.05, 0) is 42.6 Å². The van der Waals surface area contributed by atoms with Crippen LogP contribution in [0.3, 0.4) is 0 Å². The number of nitrogens with zero attached hydrogens (tertiary/aromatic N) is 1. The highest BCUT2D eigenvalue weighted by atomic mass is 16.2. The Morgan fingerprint density at radius 1 is 1.42 bits per heavy atom. The first kappa shape index (κ1) is 16.5. The standard InChI is InChI=1S/C16H32N2O/c1-12(9-16(3,4)5)8-15(19)18-7-6-13(2)14(10-17)11-18/h12-14H,6-11,17H2,1-5H3. The highest BCUT2D eigenvalue weighted by Gasteiger charge is 2.28. The molecular weight excluding hydrogens is 236 g/mol. The summed E-state index contributed by atoms with van der Waals surface area (Å²) >= 11 is 0. The highest BCUT2D eigenvalue weighted by Crippen LogP contribution is 2.28. The van der Waals surface area contributed by atoms with Crippen LogP contribution in [0.1, 0.15) is 53.9 Å². The molecule has 3 heteroatoms. The topological polar surface area (TPSA) is 46.3 Å². The van der Waals surface area contributed by atoms with Gasteiger partial charge >= 0.3 is 0 Å². The SMILES string of the molecule is CC(CC(=O)N1CCC(C)C(CN)C1)CC(C)(C)C. The maximum absolute atomic E-state index is 12.3. The molecule has 1 heterocycles. The van der Waals surface area contributed by atoms with Gasteiger partial charge in [0, 0.05) is 19.5 Å². The second-order valence-corrected chi connectivity index (χ2v) is 7.68. The van der Waals surface area contributed by atoms with Gasteiger partial charge in [-0.3, -0.25) is 4.79 Å². The second kappa shape index (κ2) is 6.74.